The van der Waals surface area contributed by atoms with Crippen molar-refractivity contribution in [2.24, 2.45) is 5.73 Å². The van der Waals surface area contributed by atoms with Gasteiger partial charge in [0.2, 0.25) is 5.91 Å². The van der Waals surface area contributed by atoms with Crippen molar-refractivity contribution in [3.8, 4) is 5.75 Å². The predicted octanol–water partition coefficient (Wildman–Crippen LogP) is 1.27. The molecule has 1 heterocycles. The van der Waals surface area contributed by atoms with Crippen LogP contribution in [-0.2, 0) is 9.59 Å². The van der Waals surface area contributed by atoms with Gasteiger partial charge in [-0.1, -0.05) is 0 Å². The summed E-state index contributed by atoms with van der Waals surface area (Å²) in [6.45, 7) is 1.40. The quantitative estimate of drug-likeness (QED) is 0.827. The van der Waals surface area contributed by atoms with E-state index >= 15 is 0 Å². The van der Waals surface area contributed by atoms with Crippen LogP contribution in [0.15, 0.2) is 18.2 Å². The molecule has 0 radical (unpaired) electrons. The van der Waals surface area contributed by atoms with Crippen molar-refractivity contribution in [3.63, 3.8) is 0 Å². The molecule has 1 aliphatic heterocycles. The van der Waals surface area contributed by atoms with E-state index in [0.29, 0.717) is 13.0 Å². The molecule has 6 nitrogen and oxygen atoms in total. The zero-order valence-corrected chi connectivity index (χ0v) is 12.9. The monoisotopic (exact) mass is 322 g/mol. The number of hydrogen-bond donors (Lipinski definition) is 1. The molecular formula is C16H19FN2O4. The van der Waals surface area contributed by atoms with Crippen LogP contribution in [0.5, 0.6) is 5.75 Å². The molecule has 2 rings (SSSR count). The summed E-state index contributed by atoms with van der Waals surface area (Å²) in [6.07, 6.45) is 2.19. The van der Waals surface area contributed by atoms with Crippen LogP contribution in [0.25, 0.3) is 0 Å². The maximum absolute atomic E-state index is 13.7. The summed E-state index contributed by atoms with van der Waals surface area (Å²) in [5.41, 5.74) is 5.28. The predicted molar refractivity (Wildman–Crippen MR) is 80.4 cm³/mol. The fraction of sp³-hybridized carbons (Fsp3) is 0.438. The lowest BCUT2D eigenvalue weighted by molar-refractivity contribution is -0.142. The Labute approximate surface area is 133 Å². The highest BCUT2D eigenvalue weighted by Crippen LogP contribution is 2.19. The first-order valence-corrected chi connectivity index (χ1v) is 7.42. The standard InChI is InChI=1S/C16H19FN2O4/c1-10(20)12-6-5-11(8-13(12)17)23-9-15(21)19-7-3-2-4-14(19)16(18)22/h5-6,8,14H,2-4,7,9H2,1H3,(H2,18,22). The van der Waals surface area contributed by atoms with Gasteiger partial charge in [-0.15, -0.1) is 0 Å². The van der Waals surface area contributed by atoms with Crippen LogP contribution in [0.3, 0.4) is 0 Å². The molecule has 2 amide bonds. The number of nitrogens with zero attached hydrogens (tertiary/aromatic N) is 1. The number of amides is 2. The van der Waals surface area contributed by atoms with E-state index < -0.39 is 17.8 Å². The summed E-state index contributed by atoms with van der Waals surface area (Å²) in [6, 6.07) is 3.18. The van der Waals surface area contributed by atoms with E-state index in [0.717, 1.165) is 18.9 Å². The first kappa shape index (κ1) is 16.9. The van der Waals surface area contributed by atoms with E-state index in [9.17, 15) is 18.8 Å². The van der Waals surface area contributed by atoms with Crippen LogP contribution in [0.4, 0.5) is 4.39 Å². The van der Waals surface area contributed by atoms with Crippen LogP contribution in [0.1, 0.15) is 36.5 Å². The molecule has 1 saturated heterocycles. The van der Waals surface area contributed by atoms with Crippen molar-refractivity contribution in [2.45, 2.75) is 32.2 Å². The molecule has 0 bridgehead atoms. The Bertz CT molecular complexity index is 633. The van der Waals surface area contributed by atoms with Gasteiger partial charge in [0.15, 0.2) is 12.4 Å². The number of rotatable bonds is 5. The Hall–Kier alpha value is -2.44. The van der Waals surface area contributed by atoms with E-state index in [1.807, 2.05) is 0 Å². The van der Waals surface area contributed by atoms with Gasteiger partial charge in [-0.25, -0.2) is 4.39 Å². The van der Waals surface area contributed by atoms with E-state index in [2.05, 4.69) is 0 Å². The molecule has 0 saturated carbocycles. The van der Waals surface area contributed by atoms with Crippen molar-refractivity contribution in [1.82, 2.24) is 4.90 Å². The van der Waals surface area contributed by atoms with Crippen LogP contribution in [-0.4, -0.2) is 41.7 Å². The Kier molecular flexibility index (Phi) is 5.31. The van der Waals surface area contributed by atoms with Gasteiger partial charge in [0, 0.05) is 12.6 Å². The largest absolute Gasteiger partial charge is 0.484 e. The van der Waals surface area contributed by atoms with Gasteiger partial charge in [-0.05, 0) is 38.3 Å². The molecule has 1 atom stereocenters. The van der Waals surface area contributed by atoms with Crippen molar-refractivity contribution in [3.05, 3.63) is 29.6 Å². The topological polar surface area (TPSA) is 89.7 Å². The maximum atomic E-state index is 13.7. The SMILES string of the molecule is CC(=O)c1ccc(OCC(=O)N2CCCCC2C(N)=O)cc1F. The molecule has 23 heavy (non-hydrogen) atoms. The van der Waals surface area contributed by atoms with Gasteiger partial charge in [0.1, 0.15) is 17.6 Å². The third-order valence-electron chi connectivity index (χ3n) is 3.83. The van der Waals surface area contributed by atoms with Gasteiger partial charge >= 0.3 is 0 Å². The highest BCUT2D eigenvalue weighted by molar-refractivity contribution is 5.94. The second kappa shape index (κ2) is 7.21. The third kappa shape index (κ3) is 4.06. The van der Waals surface area contributed by atoms with Crippen LogP contribution in [0.2, 0.25) is 0 Å². The Morgan fingerprint density at radius 3 is 2.70 bits per heavy atom. The summed E-state index contributed by atoms with van der Waals surface area (Å²) in [7, 11) is 0. The minimum absolute atomic E-state index is 0.0338. The number of ketones is 1. The zero-order valence-electron chi connectivity index (χ0n) is 12.9. The van der Waals surface area contributed by atoms with E-state index in [-0.39, 0.29) is 29.6 Å². The summed E-state index contributed by atoms with van der Waals surface area (Å²) >= 11 is 0. The second-order valence-electron chi connectivity index (χ2n) is 5.49. The second-order valence-corrected chi connectivity index (χ2v) is 5.49. The van der Waals surface area contributed by atoms with Gasteiger partial charge in [-0.2, -0.15) is 0 Å². The molecule has 1 aromatic carbocycles. The van der Waals surface area contributed by atoms with Crippen LogP contribution in [0, 0.1) is 5.82 Å². The lowest BCUT2D eigenvalue weighted by atomic mass is 10.0. The average Bonchev–Trinajstić information content (AvgIpc) is 2.52. The fourth-order valence-electron chi connectivity index (χ4n) is 2.62. The number of hydrogen-bond acceptors (Lipinski definition) is 4. The molecule has 0 spiro atoms. The third-order valence-corrected chi connectivity index (χ3v) is 3.83. The highest BCUT2D eigenvalue weighted by atomic mass is 19.1. The molecule has 2 N–H and O–H groups in total. The number of halogens is 1. The van der Waals surface area contributed by atoms with Crippen molar-refractivity contribution < 1.29 is 23.5 Å². The minimum Gasteiger partial charge on any atom is -0.484 e. The summed E-state index contributed by atoms with van der Waals surface area (Å²) in [4.78, 5) is 36.2. The Morgan fingerprint density at radius 2 is 2.09 bits per heavy atom. The Balaban J connectivity index is 1.99. The molecule has 1 aliphatic rings. The van der Waals surface area contributed by atoms with E-state index in [1.165, 1.54) is 24.0 Å². The zero-order chi connectivity index (χ0) is 17.0. The molecule has 124 valence electrons. The lowest BCUT2D eigenvalue weighted by Crippen LogP contribution is -2.51. The highest BCUT2D eigenvalue weighted by Gasteiger charge is 2.30. The maximum Gasteiger partial charge on any atom is 0.261 e. The Morgan fingerprint density at radius 1 is 1.35 bits per heavy atom. The number of likely N-dealkylation sites (tertiary alicyclic amines) is 1. The number of piperidine rings is 1. The number of Topliss-reactive ketones (excluding diaryl/α,β-unsaturated/α-hetero) is 1. The minimum atomic E-state index is -0.699. The number of benzene rings is 1. The van der Waals surface area contributed by atoms with Crippen molar-refractivity contribution in [2.75, 3.05) is 13.2 Å². The number of carbonyl (C=O) groups excluding carboxylic acids is 3. The number of primary amides is 1. The van der Waals surface area contributed by atoms with E-state index in [4.69, 9.17) is 10.5 Å². The van der Waals surface area contributed by atoms with E-state index in [1.54, 1.807) is 0 Å². The van der Waals surface area contributed by atoms with Crippen molar-refractivity contribution >= 4 is 17.6 Å². The van der Waals surface area contributed by atoms with Crippen LogP contribution >= 0.6 is 0 Å². The molecule has 1 unspecified atom stereocenters. The molecule has 1 aromatic rings. The normalized spacial score (nSPS) is 17.7. The van der Waals surface area contributed by atoms with Crippen LogP contribution < -0.4 is 10.5 Å². The smallest absolute Gasteiger partial charge is 0.261 e. The lowest BCUT2D eigenvalue weighted by Gasteiger charge is -2.33. The van der Waals surface area contributed by atoms with Gasteiger partial charge in [-0.3, -0.25) is 14.4 Å². The summed E-state index contributed by atoms with van der Waals surface area (Å²) < 4.78 is 19.0. The molecule has 0 aromatic heterocycles. The molecule has 1 fully saturated rings. The summed E-state index contributed by atoms with van der Waals surface area (Å²) in [5.74, 6) is -1.84. The molecule has 0 aliphatic carbocycles. The molecule has 7 heteroatoms. The fourth-order valence-corrected chi connectivity index (χ4v) is 2.62. The van der Waals surface area contributed by atoms with Gasteiger partial charge in [0.05, 0.1) is 5.56 Å². The van der Waals surface area contributed by atoms with Gasteiger partial charge in [0.25, 0.3) is 5.91 Å². The van der Waals surface area contributed by atoms with Gasteiger partial charge < -0.3 is 15.4 Å². The number of carbonyl (C=O) groups is 3. The summed E-state index contributed by atoms with van der Waals surface area (Å²) in [5, 5.41) is 0. The molecular weight excluding hydrogens is 303 g/mol. The van der Waals surface area contributed by atoms with Crippen molar-refractivity contribution in [1.29, 1.82) is 0 Å². The first-order valence-electron chi connectivity index (χ1n) is 7.42. The number of ether oxygens (including phenoxy) is 1. The number of nitrogens with two attached hydrogens (primary N) is 1. The average molecular weight is 322 g/mol. The first-order chi connectivity index (χ1) is 10.9.